The average molecular weight is 477 g/mol. The number of ketones is 1. The molecule has 0 saturated heterocycles. The number of nitrogens with one attached hydrogen (secondary N) is 2. The van der Waals surface area contributed by atoms with E-state index in [0.29, 0.717) is 40.9 Å². The molecule has 0 spiro atoms. The fourth-order valence-corrected chi connectivity index (χ4v) is 5.62. The van der Waals surface area contributed by atoms with Gasteiger partial charge in [-0.1, -0.05) is 18.2 Å². The largest absolute Gasteiger partial charge is 0.362 e. The molecule has 4 nitrogen and oxygen atoms in total. The standard InChI is InChI=1S/C27H22F2N2O2S/c1-15-24(27(33)31-20-10-8-19(29)9-11-20)25(16-4-6-18(28)7-5-16)26-21(30-15)13-17(14-22(26)32)23-3-2-12-34-23/h2-12,17,25,30H,13-14H2,1H3,(H,31,33)/t17-,25+/m0/s1. The minimum absolute atomic E-state index is 0.0268. The molecule has 34 heavy (non-hydrogen) atoms. The quantitative estimate of drug-likeness (QED) is 0.484. The lowest BCUT2D eigenvalue weighted by atomic mass is 9.72. The second-order valence-corrected chi connectivity index (χ2v) is 9.52. The lowest BCUT2D eigenvalue weighted by Crippen LogP contribution is -2.37. The van der Waals surface area contributed by atoms with Crippen molar-refractivity contribution in [2.45, 2.75) is 31.6 Å². The maximum absolute atomic E-state index is 13.7. The molecule has 0 fully saturated rings. The van der Waals surface area contributed by atoms with Crippen LogP contribution in [-0.4, -0.2) is 11.7 Å². The van der Waals surface area contributed by atoms with Gasteiger partial charge in [-0.15, -0.1) is 11.3 Å². The summed E-state index contributed by atoms with van der Waals surface area (Å²) in [5.41, 5.74) is 3.48. The monoisotopic (exact) mass is 476 g/mol. The zero-order valence-electron chi connectivity index (χ0n) is 18.4. The number of hydrogen-bond donors (Lipinski definition) is 2. The predicted molar refractivity (Wildman–Crippen MR) is 128 cm³/mol. The maximum Gasteiger partial charge on any atom is 0.254 e. The minimum Gasteiger partial charge on any atom is -0.362 e. The van der Waals surface area contributed by atoms with E-state index in [4.69, 9.17) is 0 Å². The zero-order valence-corrected chi connectivity index (χ0v) is 19.2. The Hall–Kier alpha value is -3.58. The van der Waals surface area contributed by atoms with Gasteiger partial charge in [0.25, 0.3) is 5.91 Å². The van der Waals surface area contributed by atoms with E-state index >= 15 is 0 Å². The number of carbonyl (C=O) groups is 2. The van der Waals surface area contributed by atoms with Gasteiger partial charge in [0, 0.05) is 51.4 Å². The summed E-state index contributed by atoms with van der Waals surface area (Å²) < 4.78 is 27.0. The Bertz CT molecular complexity index is 1310. The Balaban J connectivity index is 1.55. The van der Waals surface area contributed by atoms with Gasteiger partial charge in [-0.3, -0.25) is 9.59 Å². The van der Waals surface area contributed by atoms with Crippen LogP contribution in [0.1, 0.15) is 42.0 Å². The molecule has 2 aliphatic rings. The van der Waals surface area contributed by atoms with Crippen molar-refractivity contribution in [3.8, 4) is 0 Å². The predicted octanol–water partition coefficient (Wildman–Crippen LogP) is 6.03. The number of thiophene rings is 1. The van der Waals surface area contributed by atoms with Crippen molar-refractivity contribution in [3.05, 3.63) is 111 Å². The van der Waals surface area contributed by atoms with Gasteiger partial charge in [-0.05, 0) is 66.8 Å². The number of allylic oxidation sites excluding steroid dienone is 3. The van der Waals surface area contributed by atoms with E-state index < -0.39 is 23.5 Å². The van der Waals surface area contributed by atoms with Crippen LogP contribution in [0.4, 0.5) is 14.5 Å². The third-order valence-corrected chi connectivity index (χ3v) is 7.36. The number of dihydropyridines is 1. The van der Waals surface area contributed by atoms with Gasteiger partial charge in [-0.2, -0.15) is 0 Å². The molecule has 2 N–H and O–H groups in total. The van der Waals surface area contributed by atoms with Crippen LogP contribution < -0.4 is 10.6 Å². The molecule has 1 aliphatic carbocycles. The van der Waals surface area contributed by atoms with Crippen LogP contribution in [-0.2, 0) is 9.59 Å². The number of anilines is 1. The van der Waals surface area contributed by atoms with Gasteiger partial charge in [-0.25, -0.2) is 8.78 Å². The van der Waals surface area contributed by atoms with E-state index in [-0.39, 0.29) is 11.7 Å². The Morgan fingerprint density at radius 1 is 1.00 bits per heavy atom. The van der Waals surface area contributed by atoms with Crippen molar-refractivity contribution < 1.29 is 18.4 Å². The smallest absolute Gasteiger partial charge is 0.254 e. The molecule has 7 heteroatoms. The van der Waals surface area contributed by atoms with Crippen LogP contribution in [0.25, 0.3) is 0 Å². The second kappa shape index (κ2) is 8.99. The van der Waals surface area contributed by atoms with Gasteiger partial charge in [0.2, 0.25) is 0 Å². The first-order valence-electron chi connectivity index (χ1n) is 11.0. The molecule has 0 saturated carbocycles. The number of rotatable bonds is 4. The van der Waals surface area contributed by atoms with Gasteiger partial charge < -0.3 is 10.6 Å². The van der Waals surface area contributed by atoms with E-state index in [1.807, 2.05) is 17.5 Å². The van der Waals surface area contributed by atoms with E-state index in [2.05, 4.69) is 10.6 Å². The number of Topliss-reactive ketones (excluding diaryl/α,β-unsaturated/α-hetero) is 1. The molecular weight excluding hydrogens is 454 g/mol. The first-order valence-corrected chi connectivity index (χ1v) is 11.9. The molecule has 2 heterocycles. The van der Waals surface area contributed by atoms with E-state index in [0.717, 1.165) is 10.6 Å². The molecule has 0 unspecified atom stereocenters. The summed E-state index contributed by atoms with van der Waals surface area (Å²) >= 11 is 1.63. The number of hydrogen-bond acceptors (Lipinski definition) is 4. The minimum atomic E-state index is -0.630. The van der Waals surface area contributed by atoms with Crippen molar-refractivity contribution in [1.29, 1.82) is 0 Å². The number of amides is 1. The molecule has 2 atom stereocenters. The molecule has 172 valence electrons. The highest BCUT2D eigenvalue weighted by Gasteiger charge is 2.41. The summed E-state index contributed by atoms with van der Waals surface area (Å²) in [5, 5.41) is 8.14. The van der Waals surface area contributed by atoms with Crippen LogP contribution in [0.5, 0.6) is 0 Å². The van der Waals surface area contributed by atoms with Crippen LogP contribution in [0.2, 0.25) is 0 Å². The van der Waals surface area contributed by atoms with E-state index in [1.165, 1.54) is 36.4 Å². The molecule has 1 aliphatic heterocycles. The van der Waals surface area contributed by atoms with Crippen LogP contribution in [0.15, 0.2) is 88.6 Å². The highest BCUT2D eigenvalue weighted by Crippen LogP contribution is 2.46. The topological polar surface area (TPSA) is 58.2 Å². The highest BCUT2D eigenvalue weighted by molar-refractivity contribution is 7.10. The maximum atomic E-state index is 13.7. The van der Waals surface area contributed by atoms with Crippen molar-refractivity contribution in [3.63, 3.8) is 0 Å². The van der Waals surface area contributed by atoms with E-state index in [9.17, 15) is 18.4 Å². The second-order valence-electron chi connectivity index (χ2n) is 8.55. The Morgan fingerprint density at radius 3 is 2.32 bits per heavy atom. The highest BCUT2D eigenvalue weighted by atomic mass is 32.1. The summed E-state index contributed by atoms with van der Waals surface area (Å²) in [6, 6.07) is 15.4. The third-order valence-electron chi connectivity index (χ3n) is 6.32. The fourth-order valence-electron chi connectivity index (χ4n) is 4.79. The summed E-state index contributed by atoms with van der Waals surface area (Å²) in [5.74, 6) is -1.77. The molecule has 5 rings (SSSR count). The summed E-state index contributed by atoms with van der Waals surface area (Å²) in [4.78, 5) is 28.1. The van der Waals surface area contributed by atoms with Crippen LogP contribution >= 0.6 is 11.3 Å². The summed E-state index contributed by atoms with van der Waals surface area (Å²) in [6.07, 6.45) is 1.01. The third kappa shape index (κ3) is 4.19. The summed E-state index contributed by atoms with van der Waals surface area (Å²) in [7, 11) is 0. The Labute approximate surface area is 200 Å². The van der Waals surface area contributed by atoms with E-state index in [1.54, 1.807) is 30.4 Å². The number of benzene rings is 2. The number of halogens is 2. The first-order chi connectivity index (χ1) is 16.4. The molecule has 3 aromatic rings. The molecule has 1 amide bonds. The Kier molecular flexibility index (Phi) is 5.87. The van der Waals surface area contributed by atoms with Gasteiger partial charge in [0.15, 0.2) is 5.78 Å². The van der Waals surface area contributed by atoms with Crippen LogP contribution in [0.3, 0.4) is 0 Å². The fraction of sp³-hybridized carbons (Fsp3) is 0.185. The van der Waals surface area contributed by atoms with Gasteiger partial charge in [0.05, 0.1) is 0 Å². The normalized spacial score (nSPS) is 20.1. The Morgan fingerprint density at radius 2 is 1.68 bits per heavy atom. The van der Waals surface area contributed by atoms with Gasteiger partial charge in [0.1, 0.15) is 11.6 Å². The van der Waals surface area contributed by atoms with Crippen molar-refractivity contribution in [2.75, 3.05) is 5.32 Å². The van der Waals surface area contributed by atoms with Gasteiger partial charge >= 0.3 is 0 Å². The lowest BCUT2D eigenvalue weighted by molar-refractivity contribution is -0.116. The molecule has 0 bridgehead atoms. The van der Waals surface area contributed by atoms with Crippen LogP contribution in [0, 0.1) is 11.6 Å². The number of carbonyl (C=O) groups excluding carboxylic acids is 2. The summed E-state index contributed by atoms with van der Waals surface area (Å²) in [6.45, 7) is 1.80. The van der Waals surface area contributed by atoms with Crippen molar-refractivity contribution in [1.82, 2.24) is 5.32 Å². The zero-order chi connectivity index (χ0) is 23.8. The average Bonchev–Trinajstić information content (AvgIpc) is 3.35. The molecule has 0 radical (unpaired) electrons. The molecular formula is C27H22F2N2O2S. The SMILES string of the molecule is CC1=C(C(=O)Nc2ccc(F)cc2)[C@@H](c2ccc(F)cc2)C2=C(C[C@H](c3cccs3)CC2=O)N1. The molecule has 2 aromatic carbocycles. The van der Waals surface area contributed by atoms with Crippen molar-refractivity contribution >= 4 is 28.7 Å². The lowest BCUT2D eigenvalue weighted by Gasteiger charge is -2.36. The first kappa shape index (κ1) is 22.2. The van der Waals surface area contributed by atoms with Crippen molar-refractivity contribution in [2.24, 2.45) is 0 Å². The molecule has 1 aromatic heterocycles.